The van der Waals surface area contributed by atoms with Gasteiger partial charge in [0.15, 0.2) is 11.5 Å². The second-order valence-corrected chi connectivity index (χ2v) is 8.71. The van der Waals surface area contributed by atoms with E-state index in [1.807, 2.05) is 42.6 Å². The molecule has 2 aromatic carbocycles. The fraction of sp³-hybridized carbons (Fsp3) is 0.308. The molecule has 0 aliphatic carbocycles. The summed E-state index contributed by atoms with van der Waals surface area (Å²) in [5.74, 6) is 1.85. The van der Waals surface area contributed by atoms with Crippen LogP contribution in [0.3, 0.4) is 0 Å². The molecule has 0 radical (unpaired) electrons. The summed E-state index contributed by atoms with van der Waals surface area (Å²) in [6, 6.07) is 16.6. The zero-order chi connectivity index (χ0) is 23.9. The third-order valence-electron chi connectivity index (χ3n) is 5.82. The minimum atomic E-state index is -0.189. The zero-order valence-corrected chi connectivity index (χ0v) is 20.2. The van der Waals surface area contributed by atoms with Crippen LogP contribution >= 0.6 is 11.6 Å². The molecule has 178 valence electrons. The van der Waals surface area contributed by atoms with Gasteiger partial charge in [0.2, 0.25) is 0 Å². The standard InChI is InChI=1S/C26H29ClN4O3/c1-30-11-13-31(14-12-30)25-10-5-20(16-28-25)17-29-26(32)21-6-9-23(24(15-21)33-2)34-18-19-3-7-22(27)8-4-19/h3-10,15-16H,11-14,17-18H2,1-2H3,(H,29,32). The van der Waals surface area contributed by atoms with Crippen LogP contribution in [0.4, 0.5) is 5.82 Å². The van der Waals surface area contributed by atoms with Gasteiger partial charge >= 0.3 is 0 Å². The highest BCUT2D eigenvalue weighted by Crippen LogP contribution is 2.29. The van der Waals surface area contributed by atoms with Crippen LogP contribution in [-0.4, -0.2) is 56.1 Å². The number of likely N-dealkylation sites (N-methyl/N-ethyl adjacent to an activating group) is 1. The number of ether oxygens (including phenoxy) is 2. The molecular formula is C26H29ClN4O3. The molecule has 1 saturated heterocycles. The zero-order valence-electron chi connectivity index (χ0n) is 19.5. The molecule has 1 aliphatic heterocycles. The van der Waals surface area contributed by atoms with Crippen LogP contribution in [0.1, 0.15) is 21.5 Å². The van der Waals surface area contributed by atoms with Crippen LogP contribution < -0.4 is 19.7 Å². The van der Waals surface area contributed by atoms with Crippen molar-refractivity contribution in [3.05, 3.63) is 82.5 Å². The molecule has 34 heavy (non-hydrogen) atoms. The van der Waals surface area contributed by atoms with Crippen molar-refractivity contribution in [3.63, 3.8) is 0 Å². The second kappa shape index (κ2) is 11.2. The van der Waals surface area contributed by atoms with E-state index in [0.717, 1.165) is 43.1 Å². The third-order valence-corrected chi connectivity index (χ3v) is 6.07. The molecule has 0 bridgehead atoms. The van der Waals surface area contributed by atoms with E-state index in [1.54, 1.807) is 25.3 Å². The summed E-state index contributed by atoms with van der Waals surface area (Å²) >= 11 is 5.93. The molecule has 0 unspecified atom stereocenters. The number of nitrogens with one attached hydrogen (secondary N) is 1. The summed E-state index contributed by atoms with van der Waals surface area (Å²) in [5, 5.41) is 3.62. The number of hydrogen-bond acceptors (Lipinski definition) is 6. The van der Waals surface area contributed by atoms with Crippen LogP contribution in [0.5, 0.6) is 11.5 Å². The number of methoxy groups -OCH3 is 1. The van der Waals surface area contributed by atoms with E-state index in [2.05, 4.69) is 27.1 Å². The van der Waals surface area contributed by atoms with Gasteiger partial charge in [0, 0.05) is 49.5 Å². The van der Waals surface area contributed by atoms with E-state index in [4.69, 9.17) is 21.1 Å². The number of pyridine rings is 1. The number of aromatic nitrogens is 1. The van der Waals surface area contributed by atoms with Crippen LogP contribution in [0.25, 0.3) is 0 Å². The molecule has 4 rings (SSSR count). The molecule has 1 aliphatic rings. The van der Waals surface area contributed by atoms with Gasteiger partial charge in [-0.05, 0) is 54.6 Å². The highest BCUT2D eigenvalue weighted by atomic mass is 35.5. The maximum absolute atomic E-state index is 12.7. The molecule has 2 heterocycles. The summed E-state index contributed by atoms with van der Waals surface area (Å²) in [6.45, 7) is 4.78. The number of amides is 1. The monoisotopic (exact) mass is 480 g/mol. The average molecular weight is 481 g/mol. The predicted octanol–water partition coefficient (Wildman–Crippen LogP) is 4.00. The Hall–Kier alpha value is -3.29. The first-order valence-corrected chi connectivity index (χ1v) is 11.6. The van der Waals surface area contributed by atoms with Gasteiger partial charge < -0.3 is 24.6 Å². The van der Waals surface area contributed by atoms with Crippen LogP contribution in [0.2, 0.25) is 5.02 Å². The Morgan fingerprint density at radius 2 is 1.74 bits per heavy atom. The lowest BCUT2D eigenvalue weighted by Gasteiger charge is -2.33. The van der Waals surface area contributed by atoms with Crippen molar-refractivity contribution in [2.45, 2.75) is 13.2 Å². The Labute approximate surface area is 205 Å². The van der Waals surface area contributed by atoms with Crippen molar-refractivity contribution < 1.29 is 14.3 Å². The van der Waals surface area contributed by atoms with Gasteiger partial charge in [-0.1, -0.05) is 29.8 Å². The number of carbonyl (C=O) groups excluding carboxylic acids is 1. The molecule has 8 heteroatoms. The highest BCUT2D eigenvalue weighted by molar-refractivity contribution is 6.30. The van der Waals surface area contributed by atoms with Crippen molar-refractivity contribution in [2.24, 2.45) is 0 Å². The van der Waals surface area contributed by atoms with Gasteiger partial charge in [0.25, 0.3) is 5.91 Å². The first-order valence-electron chi connectivity index (χ1n) is 11.2. The number of rotatable bonds is 8. The number of benzene rings is 2. The summed E-state index contributed by atoms with van der Waals surface area (Å²) in [6.07, 6.45) is 1.82. The van der Waals surface area contributed by atoms with E-state index < -0.39 is 0 Å². The predicted molar refractivity (Wildman–Crippen MR) is 134 cm³/mol. The van der Waals surface area contributed by atoms with E-state index in [-0.39, 0.29) is 5.91 Å². The molecule has 1 N–H and O–H groups in total. The lowest BCUT2D eigenvalue weighted by molar-refractivity contribution is 0.0950. The molecule has 0 spiro atoms. The van der Waals surface area contributed by atoms with Gasteiger partial charge in [0.1, 0.15) is 12.4 Å². The number of halogens is 1. The Morgan fingerprint density at radius 3 is 2.41 bits per heavy atom. The summed E-state index contributed by atoms with van der Waals surface area (Å²) in [7, 11) is 3.69. The van der Waals surface area contributed by atoms with Gasteiger partial charge in [-0.2, -0.15) is 0 Å². The number of carbonyl (C=O) groups is 1. The Bertz CT molecular complexity index is 1100. The smallest absolute Gasteiger partial charge is 0.251 e. The summed E-state index contributed by atoms with van der Waals surface area (Å²) in [5.41, 5.74) is 2.43. The van der Waals surface area contributed by atoms with E-state index >= 15 is 0 Å². The minimum Gasteiger partial charge on any atom is -0.493 e. The molecule has 0 atom stereocenters. The molecule has 1 aromatic heterocycles. The van der Waals surface area contributed by atoms with Crippen molar-refractivity contribution >= 4 is 23.3 Å². The molecule has 7 nitrogen and oxygen atoms in total. The average Bonchev–Trinajstić information content (AvgIpc) is 2.87. The van der Waals surface area contributed by atoms with Gasteiger partial charge in [-0.3, -0.25) is 4.79 Å². The lowest BCUT2D eigenvalue weighted by atomic mass is 10.1. The maximum atomic E-state index is 12.7. The van der Waals surface area contributed by atoms with Crippen molar-refractivity contribution in [2.75, 3.05) is 45.2 Å². The topological polar surface area (TPSA) is 66.9 Å². The maximum Gasteiger partial charge on any atom is 0.251 e. The molecule has 0 saturated carbocycles. The van der Waals surface area contributed by atoms with Gasteiger partial charge in [0.05, 0.1) is 7.11 Å². The SMILES string of the molecule is COc1cc(C(=O)NCc2ccc(N3CCN(C)CC3)nc2)ccc1OCc1ccc(Cl)cc1. The van der Waals surface area contributed by atoms with Crippen molar-refractivity contribution in [3.8, 4) is 11.5 Å². The van der Waals surface area contributed by atoms with E-state index in [0.29, 0.717) is 35.2 Å². The quantitative estimate of drug-likeness (QED) is 0.525. The Balaban J connectivity index is 1.32. The van der Waals surface area contributed by atoms with Crippen LogP contribution in [-0.2, 0) is 13.2 Å². The van der Waals surface area contributed by atoms with Crippen LogP contribution in [0.15, 0.2) is 60.8 Å². The second-order valence-electron chi connectivity index (χ2n) is 8.28. The van der Waals surface area contributed by atoms with Crippen molar-refractivity contribution in [1.29, 1.82) is 0 Å². The largest absolute Gasteiger partial charge is 0.493 e. The van der Waals surface area contributed by atoms with E-state index in [1.165, 1.54) is 0 Å². The van der Waals surface area contributed by atoms with E-state index in [9.17, 15) is 4.79 Å². The molecule has 3 aromatic rings. The first kappa shape index (κ1) is 23.9. The van der Waals surface area contributed by atoms with Gasteiger partial charge in [-0.15, -0.1) is 0 Å². The molecule has 1 fully saturated rings. The summed E-state index contributed by atoms with van der Waals surface area (Å²) < 4.78 is 11.3. The molecule has 1 amide bonds. The fourth-order valence-corrected chi connectivity index (χ4v) is 3.82. The Morgan fingerprint density at radius 1 is 1.00 bits per heavy atom. The highest BCUT2D eigenvalue weighted by Gasteiger charge is 2.15. The minimum absolute atomic E-state index is 0.189. The molecular weight excluding hydrogens is 452 g/mol. The number of piperazine rings is 1. The van der Waals surface area contributed by atoms with Crippen LogP contribution in [0, 0.1) is 0 Å². The Kier molecular flexibility index (Phi) is 7.87. The van der Waals surface area contributed by atoms with Crippen molar-refractivity contribution in [1.82, 2.24) is 15.2 Å². The van der Waals surface area contributed by atoms with Gasteiger partial charge in [-0.25, -0.2) is 4.98 Å². The summed E-state index contributed by atoms with van der Waals surface area (Å²) in [4.78, 5) is 21.9. The normalized spacial score (nSPS) is 14.0. The third kappa shape index (κ3) is 6.18. The fourth-order valence-electron chi connectivity index (χ4n) is 3.70. The lowest BCUT2D eigenvalue weighted by Crippen LogP contribution is -2.44. The number of nitrogens with zero attached hydrogens (tertiary/aromatic N) is 3. The first-order chi connectivity index (χ1) is 16.5. The number of anilines is 1. The number of hydrogen-bond donors (Lipinski definition) is 1.